The molecule has 2 aliphatic rings. The summed E-state index contributed by atoms with van der Waals surface area (Å²) in [5.41, 5.74) is 2.00. The first-order valence-electron chi connectivity index (χ1n) is 6.96. The predicted octanol–water partition coefficient (Wildman–Crippen LogP) is 3.63. The third-order valence-corrected chi connectivity index (χ3v) is 5.28. The second-order valence-electron chi connectivity index (χ2n) is 6.61. The lowest BCUT2D eigenvalue weighted by atomic mass is 9.75. The van der Waals surface area contributed by atoms with E-state index in [0.717, 1.165) is 4.47 Å². The normalized spacial score (nSPS) is 24.8. The van der Waals surface area contributed by atoms with E-state index in [9.17, 15) is 0 Å². The minimum absolute atomic E-state index is 0.267. The van der Waals surface area contributed by atoms with E-state index in [2.05, 4.69) is 61.8 Å². The molecule has 0 N–H and O–H groups in total. The van der Waals surface area contributed by atoms with Gasteiger partial charge in [-0.15, -0.1) is 0 Å². The highest BCUT2D eigenvalue weighted by atomic mass is 79.9. The summed E-state index contributed by atoms with van der Waals surface area (Å²) >= 11 is 3.67. The number of benzene rings is 1. The van der Waals surface area contributed by atoms with Gasteiger partial charge in [0.2, 0.25) is 0 Å². The van der Waals surface area contributed by atoms with Crippen molar-refractivity contribution < 1.29 is 9.31 Å². The van der Waals surface area contributed by atoms with Crippen LogP contribution in [0.15, 0.2) is 22.7 Å². The molecule has 2 nitrogen and oxygen atoms in total. The van der Waals surface area contributed by atoms with Gasteiger partial charge in [0.1, 0.15) is 0 Å². The standard InChI is InChI=1S/C15H20BBrO2/c1-14(2)15(3,4)19-16(18-14)13-11(10-8-9-10)6-5-7-12(13)17/h5-7,10H,8-9H2,1-4H3. The molecule has 2 fully saturated rings. The smallest absolute Gasteiger partial charge is 0.399 e. The van der Waals surface area contributed by atoms with Gasteiger partial charge in [0.15, 0.2) is 0 Å². The van der Waals surface area contributed by atoms with Crippen LogP contribution >= 0.6 is 15.9 Å². The zero-order chi connectivity index (χ0) is 13.8. The minimum atomic E-state index is -0.284. The third-order valence-electron chi connectivity index (χ3n) is 4.59. The van der Waals surface area contributed by atoms with Crippen LogP contribution in [0.1, 0.15) is 52.0 Å². The molecular formula is C15H20BBrO2. The Morgan fingerprint density at radius 2 is 1.68 bits per heavy atom. The zero-order valence-corrected chi connectivity index (χ0v) is 13.6. The molecule has 1 aliphatic carbocycles. The van der Waals surface area contributed by atoms with Gasteiger partial charge in [0.25, 0.3) is 0 Å². The average molecular weight is 323 g/mol. The predicted molar refractivity (Wildman–Crippen MR) is 81.8 cm³/mol. The number of halogens is 1. The lowest BCUT2D eigenvalue weighted by molar-refractivity contribution is 0.00578. The van der Waals surface area contributed by atoms with Gasteiger partial charge >= 0.3 is 7.12 Å². The van der Waals surface area contributed by atoms with Crippen LogP contribution in [0.2, 0.25) is 0 Å². The molecule has 3 rings (SSSR count). The summed E-state index contributed by atoms with van der Waals surface area (Å²) in [4.78, 5) is 0. The van der Waals surface area contributed by atoms with E-state index in [-0.39, 0.29) is 18.3 Å². The molecule has 0 amide bonds. The Balaban J connectivity index is 2.00. The topological polar surface area (TPSA) is 18.5 Å². The van der Waals surface area contributed by atoms with Gasteiger partial charge in [0, 0.05) is 9.94 Å². The Bertz CT molecular complexity index is 493. The number of rotatable bonds is 2. The van der Waals surface area contributed by atoms with Crippen LogP contribution in [0.3, 0.4) is 0 Å². The lowest BCUT2D eigenvalue weighted by Gasteiger charge is -2.32. The van der Waals surface area contributed by atoms with Crippen molar-refractivity contribution in [3.8, 4) is 0 Å². The molecule has 1 heterocycles. The molecule has 0 atom stereocenters. The third kappa shape index (κ3) is 2.28. The van der Waals surface area contributed by atoms with Crippen molar-refractivity contribution in [2.45, 2.75) is 57.7 Å². The number of hydrogen-bond donors (Lipinski definition) is 0. The second-order valence-corrected chi connectivity index (χ2v) is 7.46. The maximum absolute atomic E-state index is 6.20. The Morgan fingerprint density at radius 3 is 2.21 bits per heavy atom. The SMILES string of the molecule is CC1(C)OB(c2c(Br)cccc2C2CC2)OC1(C)C. The summed E-state index contributed by atoms with van der Waals surface area (Å²) < 4.78 is 13.5. The molecular weight excluding hydrogens is 303 g/mol. The fraction of sp³-hybridized carbons (Fsp3) is 0.600. The van der Waals surface area contributed by atoms with Crippen molar-refractivity contribution in [2.24, 2.45) is 0 Å². The first kappa shape index (κ1) is 13.7. The maximum Gasteiger partial charge on any atom is 0.496 e. The molecule has 0 radical (unpaired) electrons. The maximum atomic E-state index is 6.20. The fourth-order valence-electron chi connectivity index (χ4n) is 2.51. The molecule has 1 saturated heterocycles. The average Bonchev–Trinajstić information content (AvgIpc) is 3.07. The highest BCUT2D eigenvalue weighted by molar-refractivity contribution is 9.10. The highest BCUT2D eigenvalue weighted by Crippen LogP contribution is 2.42. The summed E-state index contributed by atoms with van der Waals surface area (Å²) in [6.45, 7) is 8.39. The van der Waals surface area contributed by atoms with E-state index in [4.69, 9.17) is 9.31 Å². The molecule has 1 saturated carbocycles. The zero-order valence-electron chi connectivity index (χ0n) is 12.0. The van der Waals surface area contributed by atoms with Gasteiger partial charge in [-0.05, 0) is 58.1 Å². The molecule has 1 aromatic rings. The molecule has 0 unspecified atom stereocenters. The second kappa shape index (κ2) is 4.34. The van der Waals surface area contributed by atoms with Crippen LogP contribution in [0.4, 0.5) is 0 Å². The van der Waals surface area contributed by atoms with Gasteiger partial charge in [-0.3, -0.25) is 0 Å². The van der Waals surface area contributed by atoms with Crippen LogP contribution in [0.25, 0.3) is 0 Å². The molecule has 0 bridgehead atoms. The Hall–Kier alpha value is -0.315. The van der Waals surface area contributed by atoms with E-state index in [0.29, 0.717) is 5.92 Å². The van der Waals surface area contributed by atoms with Crippen LogP contribution in [0.5, 0.6) is 0 Å². The monoisotopic (exact) mass is 322 g/mol. The molecule has 0 spiro atoms. The quantitative estimate of drug-likeness (QED) is 0.774. The largest absolute Gasteiger partial charge is 0.496 e. The van der Waals surface area contributed by atoms with E-state index in [1.54, 1.807) is 0 Å². The van der Waals surface area contributed by atoms with Crippen molar-refractivity contribution in [1.82, 2.24) is 0 Å². The summed E-state index contributed by atoms with van der Waals surface area (Å²) in [5, 5.41) is 0. The summed E-state index contributed by atoms with van der Waals surface area (Å²) in [6.07, 6.45) is 2.56. The Morgan fingerprint density at radius 1 is 1.11 bits per heavy atom. The van der Waals surface area contributed by atoms with E-state index in [1.165, 1.54) is 23.9 Å². The van der Waals surface area contributed by atoms with Gasteiger partial charge in [-0.1, -0.05) is 28.1 Å². The van der Waals surface area contributed by atoms with Gasteiger partial charge in [0.05, 0.1) is 11.2 Å². The first-order valence-corrected chi connectivity index (χ1v) is 7.75. The van der Waals surface area contributed by atoms with Crippen molar-refractivity contribution in [3.63, 3.8) is 0 Å². The van der Waals surface area contributed by atoms with Crippen molar-refractivity contribution in [1.29, 1.82) is 0 Å². The van der Waals surface area contributed by atoms with Gasteiger partial charge < -0.3 is 9.31 Å². The fourth-order valence-corrected chi connectivity index (χ4v) is 3.08. The summed E-state index contributed by atoms with van der Waals surface area (Å²) in [7, 11) is -0.267. The minimum Gasteiger partial charge on any atom is -0.399 e. The molecule has 102 valence electrons. The van der Waals surface area contributed by atoms with Crippen molar-refractivity contribution in [3.05, 3.63) is 28.2 Å². The first-order chi connectivity index (χ1) is 8.82. The molecule has 19 heavy (non-hydrogen) atoms. The van der Waals surface area contributed by atoms with Gasteiger partial charge in [-0.2, -0.15) is 0 Å². The Kier molecular flexibility index (Phi) is 3.12. The summed E-state index contributed by atoms with van der Waals surface area (Å²) in [5.74, 6) is 0.687. The number of hydrogen-bond acceptors (Lipinski definition) is 2. The van der Waals surface area contributed by atoms with Crippen LogP contribution in [-0.2, 0) is 9.31 Å². The van der Waals surface area contributed by atoms with E-state index in [1.807, 2.05) is 0 Å². The summed E-state index contributed by atoms with van der Waals surface area (Å²) in [6, 6.07) is 6.39. The molecule has 0 aromatic heterocycles. The van der Waals surface area contributed by atoms with Crippen LogP contribution in [-0.4, -0.2) is 18.3 Å². The van der Waals surface area contributed by atoms with Crippen molar-refractivity contribution in [2.75, 3.05) is 0 Å². The van der Waals surface area contributed by atoms with E-state index < -0.39 is 0 Å². The molecule has 1 aliphatic heterocycles. The van der Waals surface area contributed by atoms with Crippen LogP contribution < -0.4 is 5.46 Å². The van der Waals surface area contributed by atoms with Crippen LogP contribution in [0, 0.1) is 0 Å². The van der Waals surface area contributed by atoms with Crippen molar-refractivity contribution >= 4 is 28.5 Å². The molecule has 1 aromatic carbocycles. The Labute approximate surface area is 124 Å². The van der Waals surface area contributed by atoms with Gasteiger partial charge in [-0.25, -0.2) is 0 Å². The molecule has 4 heteroatoms. The van der Waals surface area contributed by atoms with E-state index >= 15 is 0 Å². The highest BCUT2D eigenvalue weighted by Gasteiger charge is 2.53. The lowest BCUT2D eigenvalue weighted by Crippen LogP contribution is -2.41.